The highest BCUT2D eigenvalue weighted by Crippen LogP contribution is 2.29. The van der Waals surface area contributed by atoms with E-state index in [0.29, 0.717) is 5.56 Å². The summed E-state index contributed by atoms with van der Waals surface area (Å²) in [4.78, 5) is 0. The van der Waals surface area contributed by atoms with Gasteiger partial charge in [0.1, 0.15) is 17.7 Å². The first kappa shape index (κ1) is 13.2. The van der Waals surface area contributed by atoms with Gasteiger partial charge in [-0.05, 0) is 42.3 Å². The van der Waals surface area contributed by atoms with Crippen molar-refractivity contribution in [3.63, 3.8) is 0 Å². The Labute approximate surface area is 112 Å². The fraction of sp³-hybridized carbons (Fsp3) is 0.143. The maximum Gasteiger partial charge on any atom is 0.132 e. The molecule has 0 saturated carbocycles. The van der Waals surface area contributed by atoms with Gasteiger partial charge in [0.25, 0.3) is 0 Å². The lowest BCUT2D eigenvalue weighted by molar-refractivity contribution is 0.209. The Hall–Kier alpha value is -1.26. The fourth-order valence-electron chi connectivity index (χ4n) is 1.86. The number of hydrogen-bond acceptors (Lipinski definition) is 1. The van der Waals surface area contributed by atoms with Crippen LogP contribution in [0.2, 0.25) is 0 Å². The van der Waals surface area contributed by atoms with E-state index in [4.69, 9.17) is 0 Å². The molecule has 0 heterocycles. The highest BCUT2D eigenvalue weighted by Gasteiger charge is 2.19. The number of halogens is 3. The lowest BCUT2D eigenvalue weighted by Gasteiger charge is -2.14. The van der Waals surface area contributed by atoms with Gasteiger partial charge >= 0.3 is 0 Å². The van der Waals surface area contributed by atoms with Crippen molar-refractivity contribution >= 4 is 15.9 Å². The number of hydrogen-bond donors (Lipinski definition) is 1. The van der Waals surface area contributed by atoms with Gasteiger partial charge in [0.15, 0.2) is 0 Å². The van der Waals surface area contributed by atoms with Gasteiger partial charge in [0.2, 0.25) is 0 Å². The third-order valence-electron chi connectivity index (χ3n) is 2.65. The van der Waals surface area contributed by atoms with E-state index in [1.54, 1.807) is 12.1 Å². The third kappa shape index (κ3) is 2.60. The number of aliphatic hydroxyl groups is 1. The molecule has 2 aromatic carbocycles. The summed E-state index contributed by atoms with van der Waals surface area (Å²) < 4.78 is 27.9. The third-order valence-corrected chi connectivity index (χ3v) is 3.11. The molecular weight excluding hydrogens is 302 g/mol. The highest BCUT2D eigenvalue weighted by molar-refractivity contribution is 9.10. The molecule has 0 fully saturated rings. The Kier molecular flexibility index (Phi) is 3.78. The molecule has 0 bridgehead atoms. The second-order valence-electron chi connectivity index (χ2n) is 4.10. The molecule has 0 saturated heterocycles. The van der Waals surface area contributed by atoms with E-state index >= 15 is 0 Å². The number of benzene rings is 2. The lowest BCUT2D eigenvalue weighted by Crippen LogP contribution is -2.06. The molecule has 1 N–H and O–H groups in total. The first-order chi connectivity index (χ1) is 8.49. The zero-order chi connectivity index (χ0) is 13.3. The largest absolute Gasteiger partial charge is 0.383 e. The van der Waals surface area contributed by atoms with Crippen LogP contribution in [0.3, 0.4) is 0 Å². The minimum absolute atomic E-state index is 0.324. The molecule has 18 heavy (non-hydrogen) atoms. The number of aliphatic hydroxyl groups excluding tert-OH is 1. The molecule has 1 unspecified atom stereocenters. The maximum absolute atomic E-state index is 13.6. The van der Waals surface area contributed by atoms with Crippen molar-refractivity contribution in [2.75, 3.05) is 0 Å². The van der Waals surface area contributed by atoms with E-state index < -0.39 is 17.7 Å². The lowest BCUT2D eigenvalue weighted by atomic mass is 9.99. The van der Waals surface area contributed by atoms with Gasteiger partial charge in [0, 0.05) is 4.47 Å². The second kappa shape index (κ2) is 5.16. The predicted octanol–water partition coefficient (Wildman–Crippen LogP) is 4.12. The van der Waals surface area contributed by atoms with Crippen LogP contribution in [0.15, 0.2) is 40.9 Å². The van der Waals surface area contributed by atoms with Crippen LogP contribution < -0.4 is 0 Å². The molecule has 2 rings (SSSR count). The van der Waals surface area contributed by atoms with E-state index in [9.17, 15) is 13.9 Å². The molecule has 0 spiro atoms. The highest BCUT2D eigenvalue weighted by atomic mass is 79.9. The summed E-state index contributed by atoms with van der Waals surface area (Å²) in [5, 5.41) is 10.1. The summed E-state index contributed by atoms with van der Waals surface area (Å²) in [6.07, 6.45) is -1.32. The molecule has 1 atom stereocenters. The molecule has 2 aromatic rings. The van der Waals surface area contributed by atoms with Crippen molar-refractivity contribution < 1.29 is 13.9 Å². The molecule has 0 aliphatic heterocycles. The van der Waals surface area contributed by atoms with Crippen LogP contribution in [0.25, 0.3) is 0 Å². The topological polar surface area (TPSA) is 20.2 Å². The van der Waals surface area contributed by atoms with E-state index in [1.165, 1.54) is 6.07 Å². The number of rotatable bonds is 2. The van der Waals surface area contributed by atoms with Gasteiger partial charge in [-0.25, -0.2) is 8.78 Å². The Morgan fingerprint density at radius 1 is 1.11 bits per heavy atom. The van der Waals surface area contributed by atoms with Crippen LogP contribution in [0.5, 0.6) is 0 Å². The normalized spacial score (nSPS) is 12.5. The Balaban J connectivity index is 2.51. The SMILES string of the molecule is Cc1cc(Br)cc(C(O)c2c(F)cccc2F)c1. The summed E-state index contributed by atoms with van der Waals surface area (Å²) in [6, 6.07) is 8.73. The molecule has 0 aromatic heterocycles. The van der Waals surface area contributed by atoms with Gasteiger partial charge in [-0.15, -0.1) is 0 Å². The fourth-order valence-corrected chi connectivity index (χ4v) is 2.49. The molecule has 0 aliphatic rings. The summed E-state index contributed by atoms with van der Waals surface area (Å²) >= 11 is 3.29. The summed E-state index contributed by atoms with van der Waals surface area (Å²) in [6.45, 7) is 1.85. The summed E-state index contributed by atoms with van der Waals surface area (Å²) in [5.41, 5.74) is 1.02. The van der Waals surface area contributed by atoms with Crippen LogP contribution in [0, 0.1) is 18.6 Å². The second-order valence-corrected chi connectivity index (χ2v) is 5.02. The van der Waals surface area contributed by atoms with Gasteiger partial charge in [-0.2, -0.15) is 0 Å². The van der Waals surface area contributed by atoms with Crippen LogP contribution in [0.1, 0.15) is 22.8 Å². The van der Waals surface area contributed by atoms with Gasteiger partial charge in [-0.1, -0.05) is 28.1 Å². The zero-order valence-corrected chi connectivity index (χ0v) is 11.2. The maximum atomic E-state index is 13.6. The molecular formula is C14H11BrF2O. The first-order valence-corrected chi connectivity index (χ1v) is 6.17. The van der Waals surface area contributed by atoms with Crippen LogP contribution in [-0.2, 0) is 0 Å². The Morgan fingerprint density at radius 2 is 1.72 bits per heavy atom. The van der Waals surface area contributed by atoms with E-state index in [-0.39, 0.29) is 5.56 Å². The van der Waals surface area contributed by atoms with E-state index in [1.807, 2.05) is 13.0 Å². The summed E-state index contributed by atoms with van der Waals surface area (Å²) in [5.74, 6) is -1.50. The molecule has 1 nitrogen and oxygen atoms in total. The van der Waals surface area contributed by atoms with Crippen molar-refractivity contribution in [3.05, 3.63) is 69.2 Å². The molecule has 0 aliphatic carbocycles. The number of aryl methyl sites for hydroxylation is 1. The predicted molar refractivity (Wildman–Crippen MR) is 69.3 cm³/mol. The van der Waals surface area contributed by atoms with Crippen molar-refractivity contribution in [2.45, 2.75) is 13.0 Å². The minimum atomic E-state index is -1.32. The van der Waals surface area contributed by atoms with E-state index in [0.717, 1.165) is 22.2 Å². The monoisotopic (exact) mass is 312 g/mol. The van der Waals surface area contributed by atoms with Gasteiger partial charge in [-0.3, -0.25) is 0 Å². The summed E-state index contributed by atoms with van der Waals surface area (Å²) in [7, 11) is 0. The smallest absolute Gasteiger partial charge is 0.132 e. The zero-order valence-electron chi connectivity index (χ0n) is 9.62. The minimum Gasteiger partial charge on any atom is -0.383 e. The van der Waals surface area contributed by atoms with E-state index in [2.05, 4.69) is 15.9 Å². The van der Waals surface area contributed by atoms with Crippen molar-refractivity contribution in [1.29, 1.82) is 0 Å². The van der Waals surface area contributed by atoms with Gasteiger partial charge in [0.05, 0.1) is 5.56 Å². The standard InChI is InChI=1S/C14H11BrF2O/c1-8-5-9(7-10(15)6-8)14(18)13-11(16)3-2-4-12(13)17/h2-7,14,18H,1H3. The molecule has 0 radical (unpaired) electrons. The van der Waals surface area contributed by atoms with Crippen molar-refractivity contribution in [3.8, 4) is 0 Å². The average Bonchev–Trinajstić information content (AvgIpc) is 2.27. The van der Waals surface area contributed by atoms with Gasteiger partial charge < -0.3 is 5.11 Å². The molecule has 0 amide bonds. The van der Waals surface area contributed by atoms with Crippen molar-refractivity contribution in [2.24, 2.45) is 0 Å². The first-order valence-electron chi connectivity index (χ1n) is 5.38. The molecule has 94 valence electrons. The van der Waals surface area contributed by atoms with Crippen LogP contribution >= 0.6 is 15.9 Å². The van der Waals surface area contributed by atoms with Crippen molar-refractivity contribution in [1.82, 2.24) is 0 Å². The van der Waals surface area contributed by atoms with Crippen LogP contribution in [0.4, 0.5) is 8.78 Å². The molecule has 4 heteroatoms. The quantitative estimate of drug-likeness (QED) is 0.884. The Morgan fingerprint density at radius 3 is 2.28 bits per heavy atom. The average molecular weight is 313 g/mol. The Bertz CT molecular complexity index is 544. The van der Waals surface area contributed by atoms with Crippen LogP contribution in [-0.4, -0.2) is 5.11 Å².